The van der Waals surface area contributed by atoms with Gasteiger partial charge in [0.15, 0.2) is 11.5 Å². The molecule has 1 aromatic rings. The number of phenolic OH excluding ortho intramolecular Hbond substituents is 2. The van der Waals surface area contributed by atoms with Crippen LogP contribution in [0.25, 0.3) is 0 Å². The SMILES string of the molecule is CCCO.CCOC(=O)c1ccc(O)c(O)c1. The summed E-state index contributed by atoms with van der Waals surface area (Å²) >= 11 is 0. The van der Waals surface area contributed by atoms with E-state index in [1.54, 1.807) is 6.92 Å². The van der Waals surface area contributed by atoms with Crippen molar-refractivity contribution in [3.63, 3.8) is 0 Å². The molecule has 1 rings (SSSR count). The molecule has 0 atom stereocenters. The molecular formula is C12H18O5. The summed E-state index contributed by atoms with van der Waals surface area (Å²) in [5.74, 6) is -1.10. The highest BCUT2D eigenvalue weighted by Gasteiger charge is 2.08. The van der Waals surface area contributed by atoms with E-state index < -0.39 is 5.97 Å². The zero-order valence-electron chi connectivity index (χ0n) is 10.0. The molecule has 0 aromatic heterocycles. The third-order valence-electron chi connectivity index (χ3n) is 1.71. The average molecular weight is 242 g/mol. The number of carbonyl (C=O) groups excluding carboxylic acids is 1. The van der Waals surface area contributed by atoms with Gasteiger partial charge in [-0.15, -0.1) is 0 Å². The molecule has 0 radical (unpaired) electrons. The van der Waals surface area contributed by atoms with Crippen LogP contribution in [0.15, 0.2) is 18.2 Å². The minimum Gasteiger partial charge on any atom is -0.504 e. The molecule has 96 valence electrons. The Morgan fingerprint density at radius 2 is 1.82 bits per heavy atom. The second-order valence-corrected chi connectivity index (χ2v) is 3.15. The molecule has 0 saturated carbocycles. The van der Waals surface area contributed by atoms with Crippen LogP contribution in [0, 0.1) is 0 Å². The van der Waals surface area contributed by atoms with Crippen molar-refractivity contribution in [2.75, 3.05) is 13.2 Å². The fourth-order valence-corrected chi connectivity index (χ4v) is 0.865. The van der Waals surface area contributed by atoms with Crippen LogP contribution in [0.2, 0.25) is 0 Å². The van der Waals surface area contributed by atoms with Crippen molar-refractivity contribution in [1.82, 2.24) is 0 Å². The molecule has 0 fully saturated rings. The van der Waals surface area contributed by atoms with Gasteiger partial charge in [-0.1, -0.05) is 6.92 Å². The van der Waals surface area contributed by atoms with Crippen molar-refractivity contribution in [3.8, 4) is 11.5 Å². The van der Waals surface area contributed by atoms with Crippen LogP contribution in [0.3, 0.4) is 0 Å². The van der Waals surface area contributed by atoms with Gasteiger partial charge in [-0.05, 0) is 31.5 Å². The number of carbonyl (C=O) groups is 1. The smallest absolute Gasteiger partial charge is 0.338 e. The average Bonchev–Trinajstić information content (AvgIpc) is 2.33. The number of aliphatic hydroxyl groups is 1. The topological polar surface area (TPSA) is 87.0 Å². The van der Waals surface area contributed by atoms with Gasteiger partial charge in [-0.2, -0.15) is 0 Å². The first-order valence-corrected chi connectivity index (χ1v) is 5.36. The van der Waals surface area contributed by atoms with Crippen molar-refractivity contribution >= 4 is 5.97 Å². The monoisotopic (exact) mass is 242 g/mol. The van der Waals surface area contributed by atoms with Crippen molar-refractivity contribution in [3.05, 3.63) is 23.8 Å². The van der Waals surface area contributed by atoms with Crippen LogP contribution in [-0.2, 0) is 4.74 Å². The molecule has 17 heavy (non-hydrogen) atoms. The fraction of sp³-hybridized carbons (Fsp3) is 0.417. The van der Waals surface area contributed by atoms with E-state index in [1.165, 1.54) is 12.1 Å². The largest absolute Gasteiger partial charge is 0.504 e. The highest BCUT2D eigenvalue weighted by molar-refractivity contribution is 5.90. The van der Waals surface area contributed by atoms with E-state index in [1.807, 2.05) is 6.92 Å². The molecule has 0 aliphatic heterocycles. The normalized spacial score (nSPS) is 9.12. The summed E-state index contributed by atoms with van der Waals surface area (Å²) in [4.78, 5) is 11.1. The van der Waals surface area contributed by atoms with Gasteiger partial charge < -0.3 is 20.1 Å². The van der Waals surface area contributed by atoms with Gasteiger partial charge in [0.1, 0.15) is 0 Å². The number of esters is 1. The van der Waals surface area contributed by atoms with Crippen molar-refractivity contribution in [2.24, 2.45) is 0 Å². The summed E-state index contributed by atoms with van der Waals surface area (Å²) in [6, 6.07) is 3.78. The Hall–Kier alpha value is -1.75. The van der Waals surface area contributed by atoms with Gasteiger partial charge in [0.2, 0.25) is 0 Å². The number of hydrogen-bond donors (Lipinski definition) is 3. The number of aromatic hydroxyl groups is 2. The first kappa shape index (κ1) is 15.2. The quantitative estimate of drug-likeness (QED) is 0.554. The summed E-state index contributed by atoms with van der Waals surface area (Å²) in [5, 5.41) is 25.9. The highest BCUT2D eigenvalue weighted by atomic mass is 16.5. The van der Waals surface area contributed by atoms with Crippen LogP contribution in [0.5, 0.6) is 11.5 Å². The lowest BCUT2D eigenvalue weighted by Gasteiger charge is -2.02. The van der Waals surface area contributed by atoms with E-state index in [2.05, 4.69) is 0 Å². The highest BCUT2D eigenvalue weighted by Crippen LogP contribution is 2.24. The van der Waals surface area contributed by atoms with Gasteiger partial charge in [0, 0.05) is 6.61 Å². The number of hydrogen-bond acceptors (Lipinski definition) is 5. The summed E-state index contributed by atoms with van der Waals surface area (Å²) in [7, 11) is 0. The lowest BCUT2D eigenvalue weighted by atomic mass is 10.2. The minimum absolute atomic E-state index is 0.220. The Kier molecular flexibility index (Phi) is 7.54. The molecular weight excluding hydrogens is 224 g/mol. The fourth-order valence-electron chi connectivity index (χ4n) is 0.865. The molecule has 1 aromatic carbocycles. The molecule has 5 nitrogen and oxygen atoms in total. The van der Waals surface area contributed by atoms with E-state index in [0.717, 1.165) is 12.5 Å². The molecule has 0 spiro atoms. The first-order chi connectivity index (χ1) is 8.06. The number of benzene rings is 1. The van der Waals surface area contributed by atoms with Crippen LogP contribution in [0.1, 0.15) is 30.6 Å². The Bertz CT molecular complexity index is 347. The van der Waals surface area contributed by atoms with E-state index in [-0.39, 0.29) is 23.7 Å². The molecule has 0 aliphatic carbocycles. The predicted molar refractivity (Wildman–Crippen MR) is 63.1 cm³/mol. The third-order valence-corrected chi connectivity index (χ3v) is 1.71. The minimum atomic E-state index is -0.516. The van der Waals surface area contributed by atoms with Gasteiger partial charge >= 0.3 is 5.97 Å². The van der Waals surface area contributed by atoms with Crippen LogP contribution >= 0.6 is 0 Å². The summed E-state index contributed by atoms with van der Waals surface area (Å²) in [6.45, 7) is 4.22. The predicted octanol–water partition coefficient (Wildman–Crippen LogP) is 1.66. The van der Waals surface area contributed by atoms with Crippen LogP contribution in [0.4, 0.5) is 0 Å². The molecule has 0 unspecified atom stereocenters. The first-order valence-electron chi connectivity index (χ1n) is 5.36. The summed E-state index contributed by atoms with van der Waals surface area (Å²) < 4.78 is 4.69. The molecule has 0 heterocycles. The Balaban J connectivity index is 0.000000557. The van der Waals surface area contributed by atoms with Gasteiger partial charge in [0.05, 0.1) is 12.2 Å². The second-order valence-electron chi connectivity index (χ2n) is 3.15. The van der Waals surface area contributed by atoms with Crippen molar-refractivity contribution in [2.45, 2.75) is 20.3 Å². The van der Waals surface area contributed by atoms with Crippen molar-refractivity contribution < 1.29 is 24.9 Å². The van der Waals surface area contributed by atoms with E-state index in [4.69, 9.17) is 20.1 Å². The third kappa shape index (κ3) is 5.77. The maximum Gasteiger partial charge on any atom is 0.338 e. The number of aliphatic hydroxyl groups excluding tert-OH is 1. The van der Waals surface area contributed by atoms with Gasteiger partial charge in [-0.25, -0.2) is 4.79 Å². The molecule has 3 N–H and O–H groups in total. The molecule has 5 heteroatoms. The molecule has 0 aliphatic rings. The number of phenols is 2. The standard InChI is InChI=1S/C9H10O4.C3H8O/c1-2-13-9(12)6-3-4-7(10)8(11)5-6;1-2-3-4/h3-5,10-11H,2H2,1H3;4H,2-3H2,1H3. The lowest BCUT2D eigenvalue weighted by Crippen LogP contribution is -2.03. The Labute approximate surface area is 100 Å². The maximum atomic E-state index is 11.1. The van der Waals surface area contributed by atoms with E-state index in [9.17, 15) is 4.79 Å². The molecule has 0 saturated heterocycles. The van der Waals surface area contributed by atoms with Crippen LogP contribution in [-0.4, -0.2) is 34.5 Å². The van der Waals surface area contributed by atoms with Gasteiger partial charge in [0.25, 0.3) is 0 Å². The molecule has 0 bridgehead atoms. The lowest BCUT2D eigenvalue weighted by molar-refractivity contribution is 0.0526. The van der Waals surface area contributed by atoms with Gasteiger partial charge in [-0.3, -0.25) is 0 Å². The Morgan fingerprint density at radius 1 is 1.24 bits per heavy atom. The van der Waals surface area contributed by atoms with E-state index in [0.29, 0.717) is 6.61 Å². The van der Waals surface area contributed by atoms with Crippen LogP contribution < -0.4 is 0 Å². The zero-order valence-corrected chi connectivity index (χ0v) is 10.0. The number of ether oxygens (including phenoxy) is 1. The van der Waals surface area contributed by atoms with E-state index >= 15 is 0 Å². The summed E-state index contributed by atoms with van der Waals surface area (Å²) in [6.07, 6.45) is 0.875. The number of rotatable bonds is 3. The Morgan fingerprint density at radius 3 is 2.24 bits per heavy atom. The second kappa shape index (κ2) is 8.41. The summed E-state index contributed by atoms with van der Waals surface area (Å²) in [5.41, 5.74) is 0.220. The maximum absolute atomic E-state index is 11.1. The molecule has 0 amide bonds. The zero-order chi connectivity index (χ0) is 13.3. The van der Waals surface area contributed by atoms with Crippen molar-refractivity contribution in [1.29, 1.82) is 0 Å².